The third-order valence-electron chi connectivity index (χ3n) is 4.56. The lowest BCUT2D eigenvalue weighted by atomic mass is 10.1. The van der Waals surface area contributed by atoms with Gasteiger partial charge in [0.2, 0.25) is 5.91 Å². The van der Waals surface area contributed by atoms with E-state index in [4.69, 9.17) is 4.74 Å². The van der Waals surface area contributed by atoms with Crippen molar-refractivity contribution in [3.8, 4) is 5.75 Å². The first-order valence-corrected chi connectivity index (χ1v) is 9.24. The van der Waals surface area contributed by atoms with Crippen molar-refractivity contribution in [3.63, 3.8) is 0 Å². The Morgan fingerprint density at radius 2 is 1.71 bits per heavy atom. The lowest BCUT2D eigenvalue weighted by Crippen LogP contribution is -2.35. The number of benzene rings is 2. The fourth-order valence-electron chi connectivity index (χ4n) is 3.11. The van der Waals surface area contributed by atoms with Crippen LogP contribution >= 0.6 is 0 Å². The molecule has 0 unspecified atom stereocenters. The maximum absolute atomic E-state index is 13.7. The van der Waals surface area contributed by atoms with Gasteiger partial charge in [-0.2, -0.15) is 0 Å². The molecule has 1 aliphatic rings. The fraction of sp³-hybridized carbons (Fsp3) is 0.333. The standard InChI is InChI=1S/C21H24FN3O3/c1-14(26)23-18-12-15(11-16(22)13-18)21(27)24-17-3-5-19(6-4-17)28-20-7-9-25(2)10-8-20/h3-6,11-13,20H,7-10H2,1-2H3,(H,23,26)(H,24,27). The minimum absolute atomic E-state index is 0.121. The summed E-state index contributed by atoms with van der Waals surface area (Å²) in [6, 6.07) is 10.8. The van der Waals surface area contributed by atoms with E-state index in [1.165, 1.54) is 13.0 Å². The van der Waals surface area contributed by atoms with Crippen molar-refractivity contribution in [2.24, 2.45) is 0 Å². The van der Waals surface area contributed by atoms with E-state index in [1.54, 1.807) is 12.1 Å². The van der Waals surface area contributed by atoms with Crippen LogP contribution in [0.15, 0.2) is 42.5 Å². The highest BCUT2D eigenvalue weighted by Crippen LogP contribution is 2.22. The Balaban J connectivity index is 1.61. The van der Waals surface area contributed by atoms with Gasteiger partial charge in [-0.15, -0.1) is 0 Å². The number of hydrogen-bond donors (Lipinski definition) is 2. The van der Waals surface area contributed by atoms with Crippen molar-refractivity contribution >= 4 is 23.2 Å². The Bertz CT molecular complexity index is 846. The molecule has 2 N–H and O–H groups in total. The van der Waals surface area contributed by atoms with E-state index in [2.05, 4.69) is 22.6 Å². The van der Waals surface area contributed by atoms with Crippen LogP contribution in [-0.4, -0.2) is 43.0 Å². The molecule has 2 aromatic carbocycles. The minimum Gasteiger partial charge on any atom is -0.490 e. The van der Waals surface area contributed by atoms with Crippen LogP contribution < -0.4 is 15.4 Å². The number of likely N-dealkylation sites (tertiary alicyclic amines) is 1. The maximum atomic E-state index is 13.7. The van der Waals surface area contributed by atoms with Crippen molar-refractivity contribution in [2.75, 3.05) is 30.8 Å². The van der Waals surface area contributed by atoms with Crippen molar-refractivity contribution in [3.05, 3.63) is 53.8 Å². The van der Waals surface area contributed by atoms with Gasteiger partial charge in [-0.1, -0.05) is 0 Å². The molecular formula is C21H24FN3O3. The monoisotopic (exact) mass is 385 g/mol. The van der Waals surface area contributed by atoms with Gasteiger partial charge in [-0.25, -0.2) is 4.39 Å². The average molecular weight is 385 g/mol. The normalized spacial score (nSPS) is 15.1. The number of amides is 2. The quantitative estimate of drug-likeness (QED) is 0.826. The number of nitrogens with zero attached hydrogens (tertiary/aromatic N) is 1. The second-order valence-corrected chi connectivity index (χ2v) is 7.01. The molecular weight excluding hydrogens is 361 g/mol. The van der Waals surface area contributed by atoms with E-state index in [-0.39, 0.29) is 23.3 Å². The van der Waals surface area contributed by atoms with Crippen LogP contribution in [0.2, 0.25) is 0 Å². The molecule has 7 heteroatoms. The molecule has 0 aliphatic carbocycles. The highest BCUT2D eigenvalue weighted by atomic mass is 19.1. The summed E-state index contributed by atoms with van der Waals surface area (Å²) in [5, 5.41) is 5.20. The zero-order chi connectivity index (χ0) is 20.1. The Kier molecular flexibility index (Phi) is 6.26. The molecule has 0 radical (unpaired) electrons. The molecule has 0 saturated carbocycles. The minimum atomic E-state index is -0.599. The summed E-state index contributed by atoms with van der Waals surface area (Å²) < 4.78 is 19.7. The number of hydrogen-bond acceptors (Lipinski definition) is 4. The van der Waals surface area contributed by atoms with Crippen LogP contribution in [0.25, 0.3) is 0 Å². The predicted octanol–water partition coefficient (Wildman–Crippen LogP) is 3.51. The Hall–Kier alpha value is -2.93. The number of anilines is 2. The predicted molar refractivity (Wildman–Crippen MR) is 106 cm³/mol. The third-order valence-corrected chi connectivity index (χ3v) is 4.56. The molecule has 28 heavy (non-hydrogen) atoms. The van der Waals surface area contributed by atoms with E-state index in [9.17, 15) is 14.0 Å². The summed E-state index contributed by atoms with van der Waals surface area (Å²) in [7, 11) is 2.10. The number of piperidine rings is 1. The molecule has 1 fully saturated rings. The van der Waals surface area contributed by atoms with Crippen LogP contribution in [-0.2, 0) is 4.79 Å². The molecule has 6 nitrogen and oxygen atoms in total. The molecule has 148 valence electrons. The highest BCUT2D eigenvalue weighted by Gasteiger charge is 2.18. The van der Waals surface area contributed by atoms with Gasteiger partial charge in [0.15, 0.2) is 0 Å². The van der Waals surface area contributed by atoms with E-state index in [1.807, 2.05) is 12.1 Å². The zero-order valence-corrected chi connectivity index (χ0v) is 16.0. The Labute approximate surface area is 163 Å². The van der Waals surface area contributed by atoms with Crippen LogP contribution in [0.3, 0.4) is 0 Å². The largest absolute Gasteiger partial charge is 0.490 e. The first kappa shape index (κ1) is 19.8. The van der Waals surface area contributed by atoms with Gasteiger partial charge in [0.25, 0.3) is 5.91 Å². The van der Waals surface area contributed by atoms with Crippen molar-refractivity contribution < 1.29 is 18.7 Å². The van der Waals surface area contributed by atoms with Gasteiger partial charge in [-0.05, 0) is 62.4 Å². The summed E-state index contributed by atoms with van der Waals surface area (Å²) in [5.74, 6) is -0.642. The van der Waals surface area contributed by atoms with E-state index >= 15 is 0 Å². The molecule has 0 atom stereocenters. The molecule has 1 heterocycles. The van der Waals surface area contributed by atoms with Crippen LogP contribution in [0, 0.1) is 5.82 Å². The molecule has 2 aromatic rings. The van der Waals surface area contributed by atoms with E-state index in [0.29, 0.717) is 5.69 Å². The lowest BCUT2D eigenvalue weighted by molar-refractivity contribution is -0.114. The molecule has 0 spiro atoms. The summed E-state index contributed by atoms with van der Waals surface area (Å²) in [6.07, 6.45) is 2.19. The summed E-state index contributed by atoms with van der Waals surface area (Å²) in [4.78, 5) is 25.8. The van der Waals surface area contributed by atoms with Gasteiger partial charge in [0.05, 0.1) is 0 Å². The van der Waals surface area contributed by atoms with Gasteiger partial charge < -0.3 is 20.3 Å². The first-order valence-electron chi connectivity index (χ1n) is 9.24. The second kappa shape index (κ2) is 8.84. The molecule has 2 amide bonds. The van der Waals surface area contributed by atoms with Crippen LogP contribution in [0.4, 0.5) is 15.8 Å². The molecule has 1 saturated heterocycles. The topological polar surface area (TPSA) is 70.7 Å². The fourth-order valence-corrected chi connectivity index (χ4v) is 3.11. The molecule has 3 rings (SSSR count). The maximum Gasteiger partial charge on any atom is 0.255 e. The van der Waals surface area contributed by atoms with Crippen molar-refractivity contribution in [1.82, 2.24) is 4.90 Å². The van der Waals surface area contributed by atoms with Crippen LogP contribution in [0.5, 0.6) is 5.75 Å². The Morgan fingerprint density at radius 3 is 2.36 bits per heavy atom. The van der Waals surface area contributed by atoms with Gasteiger partial charge in [0, 0.05) is 37.0 Å². The molecule has 0 bridgehead atoms. The molecule has 1 aliphatic heterocycles. The number of rotatable bonds is 5. The highest BCUT2D eigenvalue weighted by molar-refractivity contribution is 6.05. The van der Waals surface area contributed by atoms with E-state index < -0.39 is 11.7 Å². The lowest BCUT2D eigenvalue weighted by Gasteiger charge is -2.29. The number of ether oxygens (including phenoxy) is 1. The summed E-state index contributed by atoms with van der Waals surface area (Å²) >= 11 is 0. The zero-order valence-electron chi connectivity index (χ0n) is 16.0. The van der Waals surface area contributed by atoms with Gasteiger partial charge in [0.1, 0.15) is 17.7 Å². The average Bonchev–Trinajstić information content (AvgIpc) is 2.64. The molecule has 0 aromatic heterocycles. The van der Waals surface area contributed by atoms with Crippen molar-refractivity contribution in [1.29, 1.82) is 0 Å². The van der Waals surface area contributed by atoms with Gasteiger partial charge in [-0.3, -0.25) is 9.59 Å². The number of nitrogens with one attached hydrogen (secondary N) is 2. The summed E-state index contributed by atoms with van der Waals surface area (Å²) in [6.45, 7) is 3.36. The SMILES string of the molecule is CC(=O)Nc1cc(F)cc(C(=O)Nc2ccc(OC3CCN(C)CC3)cc2)c1. The van der Waals surface area contributed by atoms with Crippen LogP contribution in [0.1, 0.15) is 30.1 Å². The van der Waals surface area contributed by atoms with Gasteiger partial charge >= 0.3 is 0 Å². The number of halogens is 1. The number of carbonyl (C=O) groups is 2. The first-order chi connectivity index (χ1) is 13.4. The Morgan fingerprint density at radius 1 is 1.04 bits per heavy atom. The third kappa shape index (κ3) is 5.53. The summed E-state index contributed by atoms with van der Waals surface area (Å²) in [5.41, 5.74) is 0.931. The smallest absolute Gasteiger partial charge is 0.255 e. The van der Waals surface area contributed by atoms with E-state index in [0.717, 1.165) is 43.8 Å². The second-order valence-electron chi connectivity index (χ2n) is 7.01. The van der Waals surface area contributed by atoms with Crippen molar-refractivity contribution in [2.45, 2.75) is 25.9 Å². The number of carbonyl (C=O) groups excluding carboxylic acids is 2.